The topological polar surface area (TPSA) is 65.2 Å². The summed E-state index contributed by atoms with van der Waals surface area (Å²) in [7, 11) is 0. The van der Waals surface area contributed by atoms with Crippen molar-refractivity contribution in [3.05, 3.63) is 35.5 Å². The van der Waals surface area contributed by atoms with Crippen molar-refractivity contribution in [1.82, 2.24) is 24.8 Å². The average molecular weight is 423 g/mol. The van der Waals surface area contributed by atoms with Gasteiger partial charge in [0.2, 0.25) is 0 Å². The van der Waals surface area contributed by atoms with E-state index in [-0.39, 0.29) is 16.9 Å². The SMILES string of the molecule is Cc1cc2nnc(C(F)(F)F)n2nc1-c1cnc(OC(C)(C)C(F)(F)F)c(F)c1. The van der Waals surface area contributed by atoms with Gasteiger partial charge in [-0.15, -0.1) is 10.2 Å². The highest BCUT2D eigenvalue weighted by Gasteiger charge is 2.50. The molecule has 0 spiro atoms. The third kappa shape index (κ3) is 3.80. The Morgan fingerprint density at radius 3 is 2.21 bits per heavy atom. The maximum absolute atomic E-state index is 14.3. The van der Waals surface area contributed by atoms with Gasteiger partial charge in [0.25, 0.3) is 11.7 Å². The molecule has 13 heteroatoms. The Balaban J connectivity index is 2.04. The summed E-state index contributed by atoms with van der Waals surface area (Å²) in [5.41, 5.74) is -2.72. The molecule has 0 saturated heterocycles. The molecule has 29 heavy (non-hydrogen) atoms. The quantitative estimate of drug-likeness (QED) is 0.586. The van der Waals surface area contributed by atoms with Crippen LogP contribution in [0.15, 0.2) is 18.3 Å². The van der Waals surface area contributed by atoms with Gasteiger partial charge in [-0.3, -0.25) is 0 Å². The lowest BCUT2D eigenvalue weighted by atomic mass is 10.1. The highest BCUT2D eigenvalue weighted by atomic mass is 19.4. The third-order valence-corrected chi connectivity index (χ3v) is 3.95. The molecule has 156 valence electrons. The number of alkyl halides is 6. The van der Waals surface area contributed by atoms with Crippen LogP contribution in [0.4, 0.5) is 30.7 Å². The van der Waals surface area contributed by atoms with Crippen molar-refractivity contribution in [3.8, 4) is 17.1 Å². The van der Waals surface area contributed by atoms with E-state index in [0.717, 1.165) is 12.3 Å². The van der Waals surface area contributed by atoms with Crippen LogP contribution in [0, 0.1) is 12.7 Å². The molecule has 0 atom stereocenters. The molecule has 6 nitrogen and oxygen atoms in total. The van der Waals surface area contributed by atoms with Crippen molar-refractivity contribution >= 4 is 5.65 Å². The first-order chi connectivity index (χ1) is 13.2. The van der Waals surface area contributed by atoms with Gasteiger partial charge in [0.1, 0.15) is 0 Å². The zero-order chi connectivity index (χ0) is 21.8. The van der Waals surface area contributed by atoms with Crippen LogP contribution in [0.2, 0.25) is 0 Å². The van der Waals surface area contributed by atoms with E-state index in [1.165, 1.54) is 13.0 Å². The van der Waals surface area contributed by atoms with Gasteiger partial charge in [-0.1, -0.05) is 0 Å². The molecule has 0 aliphatic carbocycles. The van der Waals surface area contributed by atoms with E-state index in [4.69, 9.17) is 0 Å². The summed E-state index contributed by atoms with van der Waals surface area (Å²) < 4.78 is 97.2. The van der Waals surface area contributed by atoms with Gasteiger partial charge in [-0.05, 0) is 38.5 Å². The van der Waals surface area contributed by atoms with Crippen LogP contribution in [0.5, 0.6) is 5.88 Å². The maximum atomic E-state index is 14.3. The number of aryl methyl sites for hydroxylation is 1. The van der Waals surface area contributed by atoms with Crippen molar-refractivity contribution in [1.29, 1.82) is 0 Å². The summed E-state index contributed by atoms with van der Waals surface area (Å²) in [4.78, 5) is 3.53. The van der Waals surface area contributed by atoms with Crippen LogP contribution >= 0.6 is 0 Å². The number of ether oxygens (including phenoxy) is 1. The molecule has 0 aliphatic rings. The minimum Gasteiger partial charge on any atom is -0.460 e. The Kier molecular flexibility index (Phi) is 4.67. The summed E-state index contributed by atoms with van der Waals surface area (Å²) in [5.74, 6) is -3.52. The molecule has 3 rings (SSSR count). The molecule has 0 aromatic carbocycles. The molecule has 3 heterocycles. The summed E-state index contributed by atoms with van der Waals surface area (Å²) in [6.07, 6.45) is -8.67. The molecule has 0 unspecified atom stereocenters. The van der Waals surface area contributed by atoms with Gasteiger partial charge >= 0.3 is 12.4 Å². The fraction of sp³-hybridized carbons (Fsp3) is 0.375. The Morgan fingerprint density at radius 2 is 1.66 bits per heavy atom. The highest BCUT2D eigenvalue weighted by Crippen LogP contribution is 2.35. The zero-order valence-corrected chi connectivity index (χ0v) is 15.0. The standard InChI is InChI=1S/C16H12F7N5O/c1-7-4-10-25-26-13(15(18,19)20)28(10)27-11(7)8-5-9(17)12(24-6-8)29-14(2,3)16(21,22)23/h4-6H,1-3H3. The zero-order valence-electron chi connectivity index (χ0n) is 15.0. The number of nitrogens with zero attached hydrogens (tertiary/aromatic N) is 5. The number of rotatable bonds is 3. The van der Waals surface area contributed by atoms with Gasteiger partial charge in [0.15, 0.2) is 17.1 Å². The van der Waals surface area contributed by atoms with E-state index in [1.54, 1.807) is 0 Å². The van der Waals surface area contributed by atoms with Gasteiger partial charge in [0, 0.05) is 11.8 Å². The molecule has 3 aromatic rings. The van der Waals surface area contributed by atoms with E-state index in [0.29, 0.717) is 23.9 Å². The van der Waals surface area contributed by atoms with E-state index in [9.17, 15) is 30.7 Å². The molecule has 3 aromatic heterocycles. The minimum atomic E-state index is -4.83. The molecule has 0 bridgehead atoms. The van der Waals surface area contributed by atoms with Crippen molar-refractivity contribution in [2.24, 2.45) is 0 Å². The predicted octanol–water partition coefficient (Wildman–Crippen LogP) is 4.37. The second-order valence-electron chi connectivity index (χ2n) is 6.59. The predicted molar refractivity (Wildman–Crippen MR) is 84.5 cm³/mol. The molecular weight excluding hydrogens is 411 g/mol. The van der Waals surface area contributed by atoms with Crippen molar-refractivity contribution in [2.45, 2.75) is 38.7 Å². The minimum absolute atomic E-state index is 0.0686. The summed E-state index contributed by atoms with van der Waals surface area (Å²) in [5, 5.41) is 10.2. The molecule has 0 fully saturated rings. The molecule has 0 radical (unpaired) electrons. The van der Waals surface area contributed by atoms with Crippen LogP contribution in [0.1, 0.15) is 25.2 Å². The molecular formula is C16H12F7N5O. The molecule has 0 aliphatic heterocycles. The van der Waals surface area contributed by atoms with E-state index >= 15 is 0 Å². The van der Waals surface area contributed by atoms with E-state index in [2.05, 4.69) is 25.0 Å². The first-order valence-electron chi connectivity index (χ1n) is 7.92. The van der Waals surface area contributed by atoms with Crippen LogP contribution in [0.25, 0.3) is 16.9 Å². The fourth-order valence-corrected chi connectivity index (χ4v) is 2.31. The summed E-state index contributed by atoms with van der Waals surface area (Å²) in [6.45, 7) is 2.89. The number of fused-ring (bicyclic) bond motifs is 1. The van der Waals surface area contributed by atoms with E-state index in [1.807, 2.05) is 0 Å². The smallest absolute Gasteiger partial charge is 0.453 e. The number of hydrogen-bond donors (Lipinski definition) is 0. The Labute approximate surface area is 158 Å². The summed E-state index contributed by atoms with van der Waals surface area (Å²) in [6, 6.07) is 2.02. The lowest BCUT2D eigenvalue weighted by molar-refractivity contribution is -0.235. The lowest BCUT2D eigenvalue weighted by Crippen LogP contribution is -2.45. The Morgan fingerprint density at radius 1 is 1.00 bits per heavy atom. The second kappa shape index (κ2) is 6.52. The van der Waals surface area contributed by atoms with E-state index < -0.39 is 35.5 Å². The van der Waals surface area contributed by atoms with Crippen LogP contribution < -0.4 is 4.74 Å². The Hall–Kier alpha value is -2.99. The van der Waals surface area contributed by atoms with Crippen LogP contribution in [-0.4, -0.2) is 36.6 Å². The monoisotopic (exact) mass is 423 g/mol. The highest BCUT2D eigenvalue weighted by molar-refractivity contribution is 5.64. The second-order valence-corrected chi connectivity index (χ2v) is 6.59. The molecule has 0 N–H and O–H groups in total. The van der Waals surface area contributed by atoms with Crippen LogP contribution in [-0.2, 0) is 6.18 Å². The number of halogens is 7. The van der Waals surface area contributed by atoms with Crippen LogP contribution in [0.3, 0.4) is 0 Å². The molecule has 0 amide bonds. The van der Waals surface area contributed by atoms with Gasteiger partial charge < -0.3 is 4.74 Å². The summed E-state index contributed by atoms with van der Waals surface area (Å²) >= 11 is 0. The first-order valence-corrected chi connectivity index (χ1v) is 7.92. The fourth-order valence-electron chi connectivity index (χ4n) is 2.31. The van der Waals surface area contributed by atoms with Gasteiger partial charge in [-0.2, -0.15) is 36.0 Å². The normalized spacial score (nSPS) is 13.2. The third-order valence-electron chi connectivity index (χ3n) is 3.95. The first kappa shape index (κ1) is 20.7. The van der Waals surface area contributed by atoms with Crippen molar-refractivity contribution in [2.75, 3.05) is 0 Å². The number of aromatic nitrogens is 5. The average Bonchev–Trinajstić information content (AvgIpc) is 2.97. The lowest BCUT2D eigenvalue weighted by Gasteiger charge is -2.28. The van der Waals surface area contributed by atoms with Crippen molar-refractivity contribution in [3.63, 3.8) is 0 Å². The van der Waals surface area contributed by atoms with Crippen molar-refractivity contribution < 1.29 is 35.5 Å². The number of pyridine rings is 1. The van der Waals surface area contributed by atoms with Gasteiger partial charge in [-0.25, -0.2) is 9.37 Å². The largest absolute Gasteiger partial charge is 0.460 e. The van der Waals surface area contributed by atoms with Gasteiger partial charge in [0.05, 0.1) is 5.69 Å². The maximum Gasteiger partial charge on any atom is 0.453 e. The molecule has 0 saturated carbocycles. The Bertz CT molecular complexity index is 1070. The number of hydrogen-bond acceptors (Lipinski definition) is 5.